The van der Waals surface area contributed by atoms with Gasteiger partial charge >= 0.3 is 0 Å². The molecule has 0 bridgehead atoms. The second-order valence-corrected chi connectivity index (χ2v) is 4.34. The van der Waals surface area contributed by atoms with Crippen LogP contribution in [0.5, 0.6) is 0 Å². The minimum absolute atomic E-state index is 0.265. The third-order valence-electron chi connectivity index (χ3n) is 1.84. The highest BCUT2D eigenvalue weighted by atomic mass is 32.2. The van der Waals surface area contributed by atoms with Crippen LogP contribution in [0.1, 0.15) is 13.3 Å². The predicted molar refractivity (Wildman–Crippen MR) is 58.8 cm³/mol. The first-order chi connectivity index (χ1) is 7.24. The molecule has 0 aliphatic rings. The van der Waals surface area contributed by atoms with Crippen LogP contribution in [0.3, 0.4) is 0 Å². The molecule has 0 saturated heterocycles. The van der Waals surface area contributed by atoms with E-state index in [1.54, 1.807) is 23.4 Å². The Kier molecular flexibility index (Phi) is 5.59. The molecule has 1 aromatic heterocycles. The van der Waals surface area contributed by atoms with E-state index in [9.17, 15) is 0 Å². The van der Waals surface area contributed by atoms with Crippen LogP contribution in [0.4, 0.5) is 0 Å². The average Bonchev–Trinajstić information content (AvgIpc) is 2.62. The van der Waals surface area contributed by atoms with Crippen LogP contribution in [0.15, 0.2) is 5.16 Å². The molecule has 0 aliphatic heterocycles. The van der Waals surface area contributed by atoms with Crippen LogP contribution in [-0.2, 0) is 6.54 Å². The molecule has 0 amide bonds. The van der Waals surface area contributed by atoms with Gasteiger partial charge < -0.3 is 10.4 Å². The van der Waals surface area contributed by atoms with Gasteiger partial charge in [-0.15, -0.1) is 5.10 Å². The number of tetrazole rings is 1. The van der Waals surface area contributed by atoms with Crippen molar-refractivity contribution in [3.05, 3.63) is 0 Å². The lowest BCUT2D eigenvalue weighted by Crippen LogP contribution is -2.16. The number of hydrogen-bond acceptors (Lipinski definition) is 6. The average molecular weight is 231 g/mol. The fraction of sp³-hybridized carbons (Fsp3) is 0.875. The number of nitrogens with one attached hydrogen (secondary N) is 1. The fourth-order valence-electron chi connectivity index (χ4n) is 0.979. The molecule has 0 aromatic carbocycles. The van der Waals surface area contributed by atoms with Crippen LogP contribution < -0.4 is 5.32 Å². The maximum atomic E-state index is 9.11. The minimum Gasteiger partial charge on any atom is -0.393 e. The first-order valence-corrected chi connectivity index (χ1v) is 5.94. The van der Waals surface area contributed by atoms with Crippen LogP contribution in [0, 0.1) is 0 Å². The van der Waals surface area contributed by atoms with Crippen molar-refractivity contribution in [3.63, 3.8) is 0 Å². The molecule has 15 heavy (non-hydrogen) atoms. The summed E-state index contributed by atoms with van der Waals surface area (Å²) < 4.78 is 1.77. The fourth-order valence-corrected chi connectivity index (χ4v) is 1.99. The van der Waals surface area contributed by atoms with Gasteiger partial charge in [-0.05, 0) is 30.8 Å². The van der Waals surface area contributed by atoms with Gasteiger partial charge in [0.05, 0.1) is 12.6 Å². The Hall–Kier alpha value is -0.660. The topological polar surface area (TPSA) is 75.9 Å². The normalized spacial score (nSPS) is 13.0. The zero-order valence-electron chi connectivity index (χ0n) is 9.05. The third-order valence-corrected chi connectivity index (χ3v) is 2.83. The summed E-state index contributed by atoms with van der Waals surface area (Å²) >= 11 is 1.57. The predicted octanol–water partition coefficient (Wildman–Crippen LogP) is -0.245. The van der Waals surface area contributed by atoms with E-state index in [-0.39, 0.29) is 6.10 Å². The summed E-state index contributed by atoms with van der Waals surface area (Å²) in [6, 6.07) is 0. The highest BCUT2D eigenvalue weighted by molar-refractivity contribution is 7.99. The Morgan fingerprint density at radius 1 is 1.60 bits per heavy atom. The van der Waals surface area contributed by atoms with E-state index < -0.39 is 0 Å². The number of hydrogen-bond donors (Lipinski definition) is 2. The van der Waals surface area contributed by atoms with Crippen molar-refractivity contribution in [3.8, 4) is 0 Å². The summed E-state index contributed by atoms with van der Waals surface area (Å²) in [5.74, 6) is 0.831. The molecular formula is C8H17N5OS. The maximum Gasteiger partial charge on any atom is 0.209 e. The van der Waals surface area contributed by atoms with Gasteiger partial charge in [0.1, 0.15) is 0 Å². The molecular weight excluding hydrogens is 214 g/mol. The van der Waals surface area contributed by atoms with Gasteiger partial charge in [-0.3, -0.25) is 0 Å². The Bertz CT molecular complexity index is 278. The number of likely N-dealkylation sites (N-methyl/N-ethyl adjacent to an activating group) is 1. The Labute approximate surface area is 93.4 Å². The monoisotopic (exact) mass is 231 g/mol. The molecule has 0 fully saturated rings. The molecule has 1 rings (SSSR count). The smallest absolute Gasteiger partial charge is 0.209 e. The number of aliphatic hydroxyl groups excluding tert-OH is 1. The molecule has 0 radical (unpaired) electrons. The van der Waals surface area contributed by atoms with Gasteiger partial charge in [0, 0.05) is 12.3 Å². The van der Waals surface area contributed by atoms with E-state index in [1.807, 2.05) is 7.05 Å². The lowest BCUT2D eigenvalue weighted by atomic mass is 10.3. The molecule has 2 N–H and O–H groups in total. The number of nitrogens with zero attached hydrogens (tertiary/aromatic N) is 4. The Balaban J connectivity index is 2.35. The van der Waals surface area contributed by atoms with Gasteiger partial charge in [0.2, 0.25) is 5.16 Å². The summed E-state index contributed by atoms with van der Waals surface area (Å²) in [6.45, 7) is 3.39. The van der Waals surface area contributed by atoms with Crippen molar-refractivity contribution in [1.82, 2.24) is 25.5 Å². The molecule has 1 aromatic rings. The standard InChI is InChI=1S/C8H17N5OS/c1-7(14)3-6-15-8-10-11-12-13(8)5-4-9-2/h7,9,14H,3-6H2,1-2H3. The third kappa shape index (κ3) is 4.59. The summed E-state index contributed by atoms with van der Waals surface area (Å²) in [5.41, 5.74) is 0. The van der Waals surface area contributed by atoms with E-state index in [1.165, 1.54) is 0 Å². The molecule has 0 aliphatic carbocycles. The number of thioether (sulfide) groups is 1. The highest BCUT2D eigenvalue weighted by Gasteiger charge is 2.06. The van der Waals surface area contributed by atoms with Crippen LogP contribution in [-0.4, -0.2) is 50.8 Å². The van der Waals surface area contributed by atoms with Gasteiger partial charge in [0.15, 0.2) is 0 Å². The summed E-state index contributed by atoms with van der Waals surface area (Å²) in [7, 11) is 1.89. The van der Waals surface area contributed by atoms with E-state index in [2.05, 4.69) is 20.8 Å². The molecule has 1 atom stereocenters. The number of aliphatic hydroxyl groups is 1. The van der Waals surface area contributed by atoms with Crippen LogP contribution in [0.2, 0.25) is 0 Å². The quantitative estimate of drug-likeness (QED) is 0.631. The van der Waals surface area contributed by atoms with Crippen molar-refractivity contribution in [1.29, 1.82) is 0 Å². The van der Waals surface area contributed by atoms with E-state index >= 15 is 0 Å². The molecule has 0 saturated carbocycles. The van der Waals surface area contributed by atoms with Crippen molar-refractivity contribution in [2.45, 2.75) is 31.1 Å². The lowest BCUT2D eigenvalue weighted by Gasteiger charge is -2.04. The minimum atomic E-state index is -0.265. The second kappa shape index (κ2) is 6.76. The second-order valence-electron chi connectivity index (χ2n) is 3.27. The number of aromatic nitrogens is 4. The molecule has 1 heterocycles. The van der Waals surface area contributed by atoms with Gasteiger partial charge in [-0.25, -0.2) is 4.68 Å². The largest absolute Gasteiger partial charge is 0.393 e. The molecule has 7 heteroatoms. The van der Waals surface area contributed by atoms with Gasteiger partial charge in [-0.2, -0.15) is 0 Å². The molecule has 86 valence electrons. The highest BCUT2D eigenvalue weighted by Crippen LogP contribution is 2.15. The van der Waals surface area contributed by atoms with Gasteiger partial charge in [-0.1, -0.05) is 11.8 Å². The molecule has 6 nitrogen and oxygen atoms in total. The number of rotatable bonds is 7. The first-order valence-electron chi connectivity index (χ1n) is 4.95. The summed E-state index contributed by atoms with van der Waals surface area (Å²) in [4.78, 5) is 0. The van der Waals surface area contributed by atoms with Crippen LogP contribution >= 0.6 is 11.8 Å². The molecule has 1 unspecified atom stereocenters. The zero-order chi connectivity index (χ0) is 11.1. The zero-order valence-corrected chi connectivity index (χ0v) is 9.87. The molecule has 0 spiro atoms. The van der Waals surface area contributed by atoms with E-state index in [4.69, 9.17) is 5.11 Å². The first kappa shape index (κ1) is 12.4. The maximum absolute atomic E-state index is 9.11. The van der Waals surface area contributed by atoms with Crippen molar-refractivity contribution in [2.75, 3.05) is 19.3 Å². The van der Waals surface area contributed by atoms with Crippen molar-refractivity contribution >= 4 is 11.8 Å². The summed E-state index contributed by atoms with van der Waals surface area (Å²) in [6.07, 6.45) is 0.489. The van der Waals surface area contributed by atoms with E-state index in [0.717, 1.165) is 30.4 Å². The SMILES string of the molecule is CNCCn1nnnc1SCCC(C)O. The van der Waals surface area contributed by atoms with E-state index in [0.29, 0.717) is 0 Å². The van der Waals surface area contributed by atoms with Gasteiger partial charge in [0.25, 0.3) is 0 Å². The Morgan fingerprint density at radius 2 is 2.40 bits per heavy atom. The van der Waals surface area contributed by atoms with Crippen LogP contribution in [0.25, 0.3) is 0 Å². The summed E-state index contributed by atoms with van der Waals surface area (Å²) in [5, 5.41) is 24.4. The van der Waals surface area contributed by atoms with Crippen molar-refractivity contribution < 1.29 is 5.11 Å². The van der Waals surface area contributed by atoms with Crippen molar-refractivity contribution in [2.24, 2.45) is 0 Å². The lowest BCUT2D eigenvalue weighted by molar-refractivity contribution is 0.192. The Morgan fingerprint density at radius 3 is 3.07 bits per heavy atom.